The van der Waals surface area contributed by atoms with Crippen molar-refractivity contribution >= 4 is 0 Å². The van der Waals surface area contributed by atoms with E-state index in [0.29, 0.717) is 0 Å². The molecule has 0 atom stereocenters. The molecule has 1 aliphatic heterocycles. The Kier molecular flexibility index (Phi) is 1.73. The topological polar surface area (TPSA) is 15.3 Å². The Morgan fingerprint density at radius 1 is 1.50 bits per heavy atom. The van der Waals surface area contributed by atoms with Gasteiger partial charge in [-0.05, 0) is 6.08 Å². The molecule has 0 spiro atoms. The quantitative estimate of drug-likeness (QED) is 0.546. The van der Waals surface area contributed by atoms with E-state index in [0.717, 1.165) is 6.54 Å². The largest absolute Gasteiger partial charge is 0.315 e. The molecule has 1 rings (SSSR count). The van der Waals surface area contributed by atoms with Gasteiger partial charge in [0.05, 0.1) is 0 Å². The van der Waals surface area contributed by atoms with Gasteiger partial charge in [-0.3, -0.25) is 0 Å². The van der Waals surface area contributed by atoms with Crippen molar-refractivity contribution in [2.75, 3.05) is 13.6 Å². The molecular weight excluding hydrogens is 124 g/mol. The van der Waals surface area contributed by atoms with Crippen LogP contribution in [0.3, 0.4) is 0 Å². The van der Waals surface area contributed by atoms with E-state index in [-0.39, 0.29) is 5.41 Å². The van der Waals surface area contributed by atoms with Gasteiger partial charge < -0.3 is 5.01 Å². The lowest BCUT2D eigenvalue weighted by molar-refractivity contribution is 0.272. The molecule has 0 aromatic heterocycles. The highest BCUT2D eigenvalue weighted by Gasteiger charge is 2.22. The molecule has 1 N–H and O–H groups in total. The Balaban J connectivity index is 2.72. The normalized spacial score (nSPS) is 19.6. The molecule has 0 aliphatic carbocycles. The van der Waals surface area contributed by atoms with E-state index in [9.17, 15) is 0 Å². The zero-order valence-electron chi connectivity index (χ0n) is 7.23. The summed E-state index contributed by atoms with van der Waals surface area (Å²) in [6.45, 7) is 7.65. The first-order chi connectivity index (χ1) is 4.52. The van der Waals surface area contributed by atoms with E-state index in [2.05, 4.69) is 44.3 Å². The average Bonchev–Trinajstić information content (AvgIpc) is 2.11. The first-order valence-electron chi connectivity index (χ1n) is 3.69. The van der Waals surface area contributed by atoms with Crippen LogP contribution in [0, 0.1) is 5.41 Å². The van der Waals surface area contributed by atoms with Crippen LogP contribution < -0.4 is 5.43 Å². The van der Waals surface area contributed by atoms with E-state index in [1.807, 2.05) is 0 Å². The Labute approximate surface area is 62.9 Å². The van der Waals surface area contributed by atoms with Crippen molar-refractivity contribution in [1.29, 1.82) is 0 Å². The Morgan fingerprint density at radius 3 is 2.30 bits per heavy atom. The standard InChI is InChI=1S/C8H16N2/c1-8(2,3)7-5-6-9-10(7)4/h5,9H,6H2,1-4H3. The van der Waals surface area contributed by atoms with Gasteiger partial charge in [0.1, 0.15) is 0 Å². The molecule has 2 heteroatoms. The lowest BCUT2D eigenvalue weighted by Gasteiger charge is -2.27. The van der Waals surface area contributed by atoms with E-state index in [1.54, 1.807) is 0 Å². The van der Waals surface area contributed by atoms with Crippen LogP contribution in [-0.4, -0.2) is 18.6 Å². The van der Waals surface area contributed by atoms with Crippen LogP contribution in [0.5, 0.6) is 0 Å². The maximum atomic E-state index is 3.22. The highest BCUT2D eigenvalue weighted by atomic mass is 15.5. The van der Waals surface area contributed by atoms with E-state index >= 15 is 0 Å². The molecule has 1 aliphatic rings. The van der Waals surface area contributed by atoms with Crippen molar-refractivity contribution in [2.24, 2.45) is 5.41 Å². The van der Waals surface area contributed by atoms with Crippen molar-refractivity contribution in [1.82, 2.24) is 10.4 Å². The van der Waals surface area contributed by atoms with Gasteiger partial charge in [0.2, 0.25) is 0 Å². The molecule has 0 aromatic carbocycles. The van der Waals surface area contributed by atoms with Crippen LogP contribution in [0.1, 0.15) is 20.8 Å². The van der Waals surface area contributed by atoms with Crippen LogP contribution in [0.2, 0.25) is 0 Å². The second-order valence-corrected chi connectivity index (χ2v) is 3.76. The fraction of sp³-hybridized carbons (Fsp3) is 0.750. The van der Waals surface area contributed by atoms with Crippen LogP contribution in [-0.2, 0) is 0 Å². The van der Waals surface area contributed by atoms with Crippen LogP contribution >= 0.6 is 0 Å². The van der Waals surface area contributed by atoms with Crippen molar-refractivity contribution in [3.05, 3.63) is 11.8 Å². The first-order valence-corrected chi connectivity index (χ1v) is 3.69. The maximum absolute atomic E-state index is 3.22. The molecule has 2 nitrogen and oxygen atoms in total. The second kappa shape index (κ2) is 2.27. The van der Waals surface area contributed by atoms with Crippen molar-refractivity contribution in [3.63, 3.8) is 0 Å². The Hall–Kier alpha value is -0.500. The summed E-state index contributed by atoms with van der Waals surface area (Å²) in [7, 11) is 2.06. The monoisotopic (exact) mass is 140 g/mol. The molecular formula is C8H16N2. The minimum absolute atomic E-state index is 0.276. The number of hydrogen-bond acceptors (Lipinski definition) is 2. The van der Waals surface area contributed by atoms with E-state index in [1.165, 1.54) is 5.70 Å². The van der Waals surface area contributed by atoms with Gasteiger partial charge in [-0.15, -0.1) is 0 Å². The van der Waals surface area contributed by atoms with Gasteiger partial charge in [0.25, 0.3) is 0 Å². The molecule has 1 heterocycles. The summed E-state index contributed by atoms with van der Waals surface area (Å²) >= 11 is 0. The summed E-state index contributed by atoms with van der Waals surface area (Å²) in [5.41, 5.74) is 4.87. The highest BCUT2D eigenvalue weighted by Crippen LogP contribution is 2.27. The third-order valence-corrected chi connectivity index (χ3v) is 1.75. The Bertz CT molecular complexity index is 153. The third kappa shape index (κ3) is 1.32. The van der Waals surface area contributed by atoms with Crippen molar-refractivity contribution in [2.45, 2.75) is 20.8 Å². The van der Waals surface area contributed by atoms with Gasteiger partial charge in [-0.1, -0.05) is 20.8 Å². The van der Waals surface area contributed by atoms with Gasteiger partial charge in [-0.2, -0.15) is 0 Å². The number of rotatable bonds is 0. The minimum Gasteiger partial charge on any atom is -0.315 e. The average molecular weight is 140 g/mol. The minimum atomic E-state index is 0.276. The second-order valence-electron chi connectivity index (χ2n) is 3.76. The number of nitrogens with one attached hydrogen (secondary N) is 1. The van der Waals surface area contributed by atoms with Crippen molar-refractivity contribution < 1.29 is 0 Å². The molecule has 0 saturated heterocycles. The van der Waals surface area contributed by atoms with Gasteiger partial charge in [-0.25, -0.2) is 5.43 Å². The fourth-order valence-electron chi connectivity index (χ4n) is 1.31. The zero-order valence-corrected chi connectivity index (χ0v) is 7.23. The zero-order chi connectivity index (χ0) is 7.78. The summed E-state index contributed by atoms with van der Waals surface area (Å²) in [6, 6.07) is 0. The van der Waals surface area contributed by atoms with Crippen LogP contribution in [0.25, 0.3) is 0 Å². The van der Waals surface area contributed by atoms with Gasteiger partial charge >= 0.3 is 0 Å². The Morgan fingerprint density at radius 2 is 2.10 bits per heavy atom. The van der Waals surface area contributed by atoms with E-state index < -0.39 is 0 Å². The maximum Gasteiger partial charge on any atom is 0.0351 e. The number of hydrogen-bond donors (Lipinski definition) is 1. The summed E-state index contributed by atoms with van der Waals surface area (Å²) < 4.78 is 0. The molecule has 0 saturated carbocycles. The molecule has 10 heavy (non-hydrogen) atoms. The summed E-state index contributed by atoms with van der Waals surface area (Å²) in [5, 5.41) is 2.10. The molecule has 0 amide bonds. The summed E-state index contributed by atoms with van der Waals surface area (Å²) in [4.78, 5) is 0. The summed E-state index contributed by atoms with van der Waals surface area (Å²) in [6.07, 6.45) is 2.24. The fourth-order valence-corrected chi connectivity index (χ4v) is 1.31. The number of hydrazine groups is 1. The smallest absolute Gasteiger partial charge is 0.0351 e. The van der Waals surface area contributed by atoms with Crippen LogP contribution in [0.4, 0.5) is 0 Å². The molecule has 0 fully saturated rings. The summed E-state index contributed by atoms with van der Waals surface area (Å²) in [5.74, 6) is 0. The molecule has 0 bridgehead atoms. The predicted octanol–water partition coefficient (Wildman–Crippen LogP) is 1.37. The molecule has 0 radical (unpaired) electrons. The predicted molar refractivity (Wildman–Crippen MR) is 43.3 cm³/mol. The van der Waals surface area contributed by atoms with E-state index in [4.69, 9.17) is 0 Å². The number of nitrogens with zero attached hydrogens (tertiary/aromatic N) is 1. The number of allylic oxidation sites excluding steroid dienone is 1. The molecule has 0 unspecified atom stereocenters. The first kappa shape index (κ1) is 7.61. The van der Waals surface area contributed by atoms with Gasteiger partial charge in [0.15, 0.2) is 0 Å². The van der Waals surface area contributed by atoms with Crippen LogP contribution in [0.15, 0.2) is 11.8 Å². The third-order valence-electron chi connectivity index (χ3n) is 1.75. The lowest BCUT2D eigenvalue weighted by Crippen LogP contribution is -2.32. The SMILES string of the molecule is CN1NCC=C1C(C)(C)C. The lowest BCUT2D eigenvalue weighted by atomic mass is 9.92. The molecule has 58 valence electrons. The van der Waals surface area contributed by atoms with Crippen molar-refractivity contribution in [3.8, 4) is 0 Å². The molecule has 0 aromatic rings. The van der Waals surface area contributed by atoms with Gasteiger partial charge in [0, 0.05) is 24.7 Å². The highest BCUT2D eigenvalue weighted by molar-refractivity contribution is 5.12.